The number of hydrogen-bond acceptors (Lipinski definition) is 4. The molecule has 2 N–H and O–H groups in total. The number of benzene rings is 1. The van der Waals surface area contributed by atoms with Crippen molar-refractivity contribution in [2.75, 3.05) is 39.8 Å². The van der Waals surface area contributed by atoms with Gasteiger partial charge in [0.2, 0.25) is 11.8 Å². The van der Waals surface area contributed by atoms with Gasteiger partial charge in [-0.2, -0.15) is 0 Å². The van der Waals surface area contributed by atoms with Gasteiger partial charge in [-0.3, -0.25) is 14.5 Å². The smallest absolute Gasteiger partial charge is 0.237 e. The van der Waals surface area contributed by atoms with E-state index in [1.165, 1.54) is 6.07 Å². The molecular weight excluding hydrogens is 395 g/mol. The number of hydrogen-bond donors (Lipinski definition) is 2. The predicted octanol–water partition coefficient (Wildman–Crippen LogP) is 1.79. The molecule has 0 aliphatic carbocycles. The average molecular weight is 427 g/mol. The molecule has 2 aliphatic rings. The highest BCUT2D eigenvalue weighted by Gasteiger charge is 2.26. The van der Waals surface area contributed by atoms with Gasteiger partial charge >= 0.3 is 0 Å². The number of nitrogens with zero attached hydrogens (tertiary/aromatic N) is 2. The van der Waals surface area contributed by atoms with E-state index in [1.54, 1.807) is 30.1 Å². The third kappa shape index (κ3) is 6.94. The van der Waals surface area contributed by atoms with Gasteiger partial charge in [0.25, 0.3) is 0 Å². The van der Waals surface area contributed by atoms with Crippen molar-refractivity contribution in [3.05, 3.63) is 35.6 Å². The minimum absolute atomic E-state index is 0. The van der Waals surface area contributed by atoms with Crippen LogP contribution in [0.3, 0.4) is 0 Å². The Hall–Kier alpha value is -1.70. The number of amides is 2. The Morgan fingerprint density at radius 3 is 2.79 bits per heavy atom. The molecule has 29 heavy (non-hydrogen) atoms. The molecule has 0 aromatic heterocycles. The lowest BCUT2D eigenvalue weighted by Gasteiger charge is -2.33. The highest BCUT2D eigenvalue weighted by Crippen LogP contribution is 2.17. The van der Waals surface area contributed by atoms with Crippen LogP contribution < -0.4 is 10.6 Å². The first-order chi connectivity index (χ1) is 13.5. The van der Waals surface area contributed by atoms with Crippen LogP contribution in [0.4, 0.5) is 4.39 Å². The normalized spacial score (nSPS) is 22.0. The van der Waals surface area contributed by atoms with Crippen molar-refractivity contribution in [1.82, 2.24) is 20.4 Å². The molecule has 2 atom stereocenters. The largest absolute Gasteiger partial charge is 0.354 e. The van der Waals surface area contributed by atoms with Gasteiger partial charge in [0.05, 0.1) is 12.6 Å². The van der Waals surface area contributed by atoms with Crippen molar-refractivity contribution in [3.8, 4) is 0 Å². The van der Waals surface area contributed by atoms with Gasteiger partial charge in [-0.1, -0.05) is 18.2 Å². The highest BCUT2D eigenvalue weighted by molar-refractivity contribution is 5.85. The van der Waals surface area contributed by atoms with Gasteiger partial charge in [0, 0.05) is 32.2 Å². The maximum absolute atomic E-state index is 13.8. The topological polar surface area (TPSA) is 64.7 Å². The minimum atomic E-state index is -0.285. The number of carbonyl (C=O) groups excluding carboxylic acids is 2. The summed E-state index contributed by atoms with van der Waals surface area (Å²) in [5, 5.41) is 6.28. The van der Waals surface area contributed by atoms with E-state index in [-0.39, 0.29) is 42.6 Å². The molecule has 2 aliphatic heterocycles. The summed E-state index contributed by atoms with van der Waals surface area (Å²) in [6.07, 6.45) is 4.05. The van der Waals surface area contributed by atoms with Crippen LogP contribution in [0.15, 0.2) is 24.3 Å². The van der Waals surface area contributed by atoms with Crippen molar-refractivity contribution in [1.29, 1.82) is 0 Å². The van der Waals surface area contributed by atoms with Gasteiger partial charge < -0.3 is 15.5 Å². The minimum Gasteiger partial charge on any atom is -0.354 e. The van der Waals surface area contributed by atoms with Gasteiger partial charge in [0.1, 0.15) is 5.82 Å². The molecule has 162 valence electrons. The number of halogens is 2. The zero-order valence-corrected chi connectivity index (χ0v) is 17.8. The molecule has 0 radical (unpaired) electrons. The number of carbonyl (C=O) groups is 2. The monoisotopic (exact) mass is 426 g/mol. The second kappa shape index (κ2) is 11.5. The molecule has 2 amide bonds. The summed E-state index contributed by atoms with van der Waals surface area (Å²) in [5.41, 5.74) is 0.526. The van der Waals surface area contributed by atoms with Crippen molar-refractivity contribution in [2.45, 2.75) is 38.3 Å². The van der Waals surface area contributed by atoms with Crippen LogP contribution in [-0.4, -0.2) is 67.4 Å². The Balaban J connectivity index is 0.00000300. The first-order valence-electron chi connectivity index (χ1n) is 10.2. The van der Waals surface area contributed by atoms with Crippen LogP contribution in [0.1, 0.15) is 31.2 Å². The van der Waals surface area contributed by atoms with Gasteiger partial charge in [-0.15, -0.1) is 12.4 Å². The summed E-state index contributed by atoms with van der Waals surface area (Å²) >= 11 is 0. The second-order valence-corrected chi connectivity index (χ2v) is 7.98. The summed E-state index contributed by atoms with van der Waals surface area (Å²) < 4.78 is 13.8. The number of likely N-dealkylation sites (tertiary alicyclic amines) is 1. The Morgan fingerprint density at radius 2 is 2.07 bits per heavy atom. The summed E-state index contributed by atoms with van der Waals surface area (Å²) in [6, 6.07) is 6.50. The van der Waals surface area contributed by atoms with E-state index in [2.05, 4.69) is 15.5 Å². The lowest BCUT2D eigenvalue weighted by molar-refractivity contribution is -0.132. The molecule has 2 saturated heterocycles. The first kappa shape index (κ1) is 23.6. The van der Waals surface area contributed by atoms with Crippen LogP contribution >= 0.6 is 12.4 Å². The van der Waals surface area contributed by atoms with Gasteiger partial charge in [-0.25, -0.2) is 4.39 Å². The molecular formula is C21H32ClFN4O2. The van der Waals surface area contributed by atoms with E-state index in [9.17, 15) is 14.0 Å². The Bertz CT molecular complexity index is 684. The average Bonchev–Trinajstić information content (AvgIpc) is 3.23. The molecule has 1 aromatic rings. The fourth-order valence-corrected chi connectivity index (χ4v) is 4.02. The third-order valence-corrected chi connectivity index (χ3v) is 5.69. The molecule has 6 nitrogen and oxygen atoms in total. The zero-order valence-electron chi connectivity index (χ0n) is 17.0. The maximum Gasteiger partial charge on any atom is 0.237 e. The van der Waals surface area contributed by atoms with Crippen LogP contribution in [-0.2, 0) is 16.1 Å². The molecule has 1 aromatic carbocycles. The SMILES string of the molecule is CN(Cc1ccccc1F)C(=O)CN1CCCC(CNC(=O)C2CCCN2)C1.Cl. The molecule has 2 unspecified atom stereocenters. The fraction of sp³-hybridized carbons (Fsp3) is 0.619. The predicted molar refractivity (Wildman–Crippen MR) is 113 cm³/mol. The summed E-state index contributed by atoms with van der Waals surface area (Å²) in [6.45, 7) is 3.86. The van der Waals surface area contributed by atoms with Crippen LogP contribution in [0, 0.1) is 11.7 Å². The van der Waals surface area contributed by atoms with Gasteiger partial charge in [0.15, 0.2) is 0 Å². The van der Waals surface area contributed by atoms with Crippen LogP contribution in [0.2, 0.25) is 0 Å². The molecule has 8 heteroatoms. The number of likely N-dealkylation sites (N-methyl/N-ethyl adjacent to an activating group) is 1. The first-order valence-corrected chi connectivity index (χ1v) is 10.2. The van der Waals surface area contributed by atoms with Crippen molar-refractivity contribution in [2.24, 2.45) is 5.92 Å². The summed E-state index contributed by atoms with van der Waals surface area (Å²) in [7, 11) is 1.71. The highest BCUT2D eigenvalue weighted by atomic mass is 35.5. The van der Waals surface area contributed by atoms with Crippen molar-refractivity contribution < 1.29 is 14.0 Å². The van der Waals surface area contributed by atoms with Gasteiger partial charge in [-0.05, 0) is 50.8 Å². The molecule has 2 fully saturated rings. The lowest BCUT2D eigenvalue weighted by atomic mass is 9.97. The lowest BCUT2D eigenvalue weighted by Crippen LogP contribution is -2.47. The second-order valence-electron chi connectivity index (χ2n) is 7.98. The number of piperidine rings is 1. The van der Waals surface area contributed by atoms with E-state index in [0.717, 1.165) is 45.3 Å². The van der Waals surface area contributed by atoms with E-state index in [0.29, 0.717) is 24.6 Å². The van der Waals surface area contributed by atoms with E-state index in [1.807, 2.05) is 0 Å². The summed E-state index contributed by atoms with van der Waals surface area (Å²) in [5.74, 6) is 0.162. The van der Waals surface area contributed by atoms with E-state index < -0.39 is 0 Å². The zero-order chi connectivity index (χ0) is 19.9. The number of nitrogens with one attached hydrogen (secondary N) is 2. The fourth-order valence-electron chi connectivity index (χ4n) is 4.02. The van der Waals surface area contributed by atoms with Crippen molar-refractivity contribution >= 4 is 24.2 Å². The van der Waals surface area contributed by atoms with Crippen LogP contribution in [0.25, 0.3) is 0 Å². The third-order valence-electron chi connectivity index (χ3n) is 5.69. The maximum atomic E-state index is 13.8. The van der Waals surface area contributed by atoms with Crippen molar-refractivity contribution in [3.63, 3.8) is 0 Å². The Morgan fingerprint density at radius 1 is 1.28 bits per heavy atom. The van der Waals surface area contributed by atoms with Crippen LogP contribution in [0.5, 0.6) is 0 Å². The molecule has 3 rings (SSSR count). The van der Waals surface area contributed by atoms with E-state index >= 15 is 0 Å². The quantitative estimate of drug-likeness (QED) is 0.697. The molecule has 0 saturated carbocycles. The molecule has 0 bridgehead atoms. The molecule has 0 spiro atoms. The standard InChI is InChI=1S/C21H31FN4O2.ClH/c1-25(14-17-7-2-3-8-18(17)22)20(27)15-26-11-5-6-16(13-26)12-24-21(28)19-9-4-10-23-19;/h2-3,7-8,16,19,23H,4-6,9-15H2,1H3,(H,24,28);1H. The molecule has 2 heterocycles. The Kier molecular flexibility index (Phi) is 9.33. The summed E-state index contributed by atoms with van der Waals surface area (Å²) in [4.78, 5) is 28.4. The Labute approximate surface area is 178 Å². The number of rotatable bonds is 7. The van der Waals surface area contributed by atoms with E-state index in [4.69, 9.17) is 0 Å².